The van der Waals surface area contributed by atoms with Gasteiger partial charge in [0.2, 0.25) is 0 Å². The highest BCUT2D eigenvalue weighted by Gasteiger charge is 2.26. The van der Waals surface area contributed by atoms with Gasteiger partial charge in [-0.05, 0) is 25.1 Å². The van der Waals surface area contributed by atoms with Gasteiger partial charge < -0.3 is 14.2 Å². The second-order valence-electron chi connectivity index (χ2n) is 5.69. The van der Waals surface area contributed by atoms with Crippen LogP contribution in [-0.2, 0) is 16.1 Å². The zero-order valence-electron chi connectivity index (χ0n) is 14.4. The van der Waals surface area contributed by atoms with Crippen LogP contribution in [0.3, 0.4) is 0 Å². The molecule has 6 nitrogen and oxygen atoms in total. The zero-order valence-corrected chi connectivity index (χ0v) is 14.4. The summed E-state index contributed by atoms with van der Waals surface area (Å²) in [6.45, 7) is 6.21. The van der Waals surface area contributed by atoms with Gasteiger partial charge >= 0.3 is 5.97 Å². The maximum atomic E-state index is 11.6. The SMILES string of the molecule is COC(=O)C(C)N1CCN(Cc2cc(OC)ccc2OC)CC1. The average Bonchev–Trinajstić information content (AvgIpc) is 2.61. The zero-order chi connectivity index (χ0) is 16.8. The van der Waals surface area contributed by atoms with Crippen molar-refractivity contribution in [3.63, 3.8) is 0 Å². The molecule has 1 unspecified atom stereocenters. The highest BCUT2D eigenvalue weighted by molar-refractivity contribution is 5.75. The second kappa shape index (κ2) is 8.17. The van der Waals surface area contributed by atoms with E-state index in [1.165, 1.54) is 7.11 Å². The van der Waals surface area contributed by atoms with Gasteiger partial charge in [-0.15, -0.1) is 0 Å². The van der Waals surface area contributed by atoms with Crippen LogP contribution in [0.25, 0.3) is 0 Å². The highest BCUT2D eigenvalue weighted by Crippen LogP contribution is 2.25. The summed E-state index contributed by atoms with van der Waals surface area (Å²) in [5, 5.41) is 0. The maximum absolute atomic E-state index is 11.6. The molecule has 1 saturated heterocycles. The predicted molar refractivity (Wildman–Crippen MR) is 87.9 cm³/mol. The van der Waals surface area contributed by atoms with Crippen molar-refractivity contribution in [2.75, 3.05) is 47.5 Å². The van der Waals surface area contributed by atoms with Gasteiger partial charge in [0.1, 0.15) is 17.5 Å². The molecule has 1 aliphatic heterocycles. The Morgan fingerprint density at radius 1 is 1.13 bits per heavy atom. The Bertz CT molecular complexity index is 527. The number of esters is 1. The number of carbonyl (C=O) groups is 1. The molecule has 0 N–H and O–H groups in total. The van der Waals surface area contributed by atoms with Crippen LogP contribution in [0.4, 0.5) is 0 Å². The molecule has 1 heterocycles. The van der Waals surface area contributed by atoms with Crippen LogP contribution in [0.1, 0.15) is 12.5 Å². The minimum absolute atomic E-state index is 0.173. The van der Waals surface area contributed by atoms with E-state index in [4.69, 9.17) is 14.2 Å². The third-order valence-corrected chi connectivity index (χ3v) is 4.38. The van der Waals surface area contributed by atoms with Crippen LogP contribution in [0.5, 0.6) is 11.5 Å². The first-order valence-electron chi connectivity index (χ1n) is 7.84. The first kappa shape index (κ1) is 17.6. The van der Waals surface area contributed by atoms with Crippen molar-refractivity contribution < 1.29 is 19.0 Å². The average molecular weight is 322 g/mol. The molecule has 1 aliphatic rings. The molecule has 0 radical (unpaired) electrons. The van der Waals surface area contributed by atoms with Crippen molar-refractivity contribution in [3.05, 3.63) is 23.8 Å². The van der Waals surface area contributed by atoms with Gasteiger partial charge in [0.25, 0.3) is 0 Å². The summed E-state index contributed by atoms with van der Waals surface area (Å²) >= 11 is 0. The molecule has 0 amide bonds. The third-order valence-electron chi connectivity index (χ3n) is 4.38. The molecule has 128 valence electrons. The summed E-state index contributed by atoms with van der Waals surface area (Å²) in [6, 6.07) is 5.66. The number of hydrogen-bond donors (Lipinski definition) is 0. The Hall–Kier alpha value is -1.79. The maximum Gasteiger partial charge on any atom is 0.322 e. The summed E-state index contributed by atoms with van der Waals surface area (Å²) < 4.78 is 15.6. The molecular weight excluding hydrogens is 296 g/mol. The lowest BCUT2D eigenvalue weighted by molar-refractivity contribution is -0.147. The highest BCUT2D eigenvalue weighted by atomic mass is 16.5. The normalized spacial score (nSPS) is 17.6. The van der Waals surface area contributed by atoms with Crippen molar-refractivity contribution >= 4 is 5.97 Å². The molecule has 2 rings (SSSR count). The minimum atomic E-state index is -0.187. The first-order valence-corrected chi connectivity index (χ1v) is 7.84. The molecule has 1 fully saturated rings. The standard InChI is InChI=1S/C17H26N2O4/c1-13(17(20)23-4)19-9-7-18(8-10-19)12-14-11-15(21-2)5-6-16(14)22-3/h5-6,11,13H,7-10,12H2,1-4H3. The Morgan fingerprint density at radius 2 is 1.83 bits per heavy atom. The van der Waals surface area contributed by atoms with Gasteiger partial charge in [0.05, 0.1) is 21.3 Å². The van der Waals surface area contributed by atoms with Gasteiger partial charge in [-0.3, -0.25) is 14.6 Å². The van der Waals surface area contributed by atoms with Gasteiger partial charge in [0.15, 0.2) is 0 Å². The molecule has 0 aromatic heterocycles. The van der Waals surface area contributed by atoms with E-state index in [-0.39, 0.29) is 12.0 Å². The van der Waals surface area contributed by atoms with Crippen molar-refractivity contribution in [2.45, 2.75) is 19.5 Å². The lowest BCUT2D eigenvalue weighted by Gasteiger charge is -2.37. The van der Waals surface area contributed by atoms with Gasteiger partial charge in [-0.25, -0.2) is 0 Å². The van der Waals surface area contributed by atoms with Gasteiger partial charge in [0, 0.05) is 38.3 Å². The van der Waals surface area contributed by atoms with E-state index < -0.39 is 0 Å². The lowest BCUT2D eigenvalue weighted by Crippen LogP contribution is -2.51. The number of piperazine rings is 1. The Morgan fingerprint density at radius 3 is 2.39 bits per heavy atom. The number of ether oxygens (including phenoxy) is 3. The minimum Gasteiger partial charge on any atom is -0.497 e. The van der Waals surface area contributed by atoms with E-state index in [0.717, 1.165) is 49.8 Å². The fraction of sp³-hybridized carbons (Fsp3) is 0.588. The predicted octanol–water partition coefficient (Wildman–Crippen LogP) is 1.38. The summed E-state index contributed by atoms with van der Waals surface area (Å²) in [4.78, 5) is 16.1. The van der Waals surface area contributed by atoms with Crippen LogP contribution in [0.2, 0.25) is 0 Å². The van der Waals surface area contributed by atoms with Gasteiger partial charge in [-0.1, -0.05) is 0 Å². The third kappa shape index (κ3) is 4.36. The number of carbonyl (C=O) groups excluding carboxylic acids is 1. The van der Waals surface area contributed by atoms with E-state index in [0.29, 0.717) is 0 Å². The molecule has 0 bridgehead atoms. The van der Waals surface area contributed by atoms with E-state index >= 15 is 0 Å². The summed E-state index contributed by atoms with van der Waals surface area (Å²) in [5.41, 5.74) is 1.11. The number of benzene rings is 1. The van der Waals surface area contributed by atoms with E-state index in [1.54, 1.807) is 14.2 Å². The molecule has 1 aromatic carbocycles. The number of nitrogens with zero attached hydrogens (tertiary/aromatic N) is 2. The number of hydrogen-bond acceptors (Lipinski definition) is 6. The largest absolute Gasteiger partial charge is 0.497 e. The molecule has 0 aliphatic carbocycles. The quantitative estimate of drug-likeness (QED) is 0.738. The lowest BCUT2D eigenvalue weighted by atomic mass is 10.1. The topological polar surface area (TPSA) is 51.2 Å². The smallest absolute Gasteiger partial charge is 0.322 e. The van der Waals surface area contributed by atoms with Crippen LogP contribution >= 0.6 is 0 Å². The van der Waals surface area contributed by atoms with Crippen molar-refractivity contribution in [2.24, 2.45) is 0 Å². The van der Waals surface area contributed by atoms with E-state index in [9.17, 15) is 4.79 Å². The Kier molecular flexibility index (Phi) is 6.24. The van der Waals surface area contributed by atoms with Gasteiger partial charge in [-0.2, -0.15) is 0 Å². The van der Waals surface area contributed by atoms with Crippen molar-refractivity contribution in [3.8, 4) is 11.5 Å². The van der Waals surface area contributed by atoms with Crippen LogP contribution in [0.15, 0.2) is 18.2 Å². The molecule has 6 heteroatoms. The van der Waals surface area contributed by atoms with Crippen molar-refractivity contribution in [1.29, 1.82) is 0 Å². The number of methoxy groups -OCH3 is 3. The fourth-order valence-corrected chi connectivity index (χ4v) is 2.87. The molecule has 23 heavy (non-hydrogen) atoms. The summed E-state index contributed by atoms with van der Waals surface area (Å²) in [7, 11) is 4.78. The first-order chi connectivity index (χ1) is 11.1. The summed E-state index contributed by atoms with van der Waals surface area (Å²) in [5.74, 6) is 1.53. The molecular formula is C17H26N2O4. The molecule has 1 aromatic rings. The monoisotopic (exact) mass is 322 g/mol. The Balaban J connectivity index is 1.95. The van der Waals surface area contributed by atoms with Crippen molar-refractivity contribution in [1.82, 2.24) is 9.80 Å². The van der Waals surface area contributed by atoms with Crippen LogP contribution < -0.4 is 9.47 Å². The fourth-order valence-electron chi connectivity index (χ4n) is 2.87. The van der Waals surface area contributed by atoms with E-state index in [1.807, 2.05) is 25.1 Å². The molecule has 1 atom stereocenters. The second-order valence-corrected chi connectivity index (χ2v) is 5.69. The van der Waals surface area contributed by atoms with E-state index in [2.05, 4.69) is 9.80 Å². The number of rotatable bonds is 6. The van der Waals surface area contributed by atoms with Crippen LogP contribution in [0, 0.1) is 0 Å². The molecule has 0 saturated carbocycles. The summed E-state index contributed by atoms with van der Waals surface area (Å²) in [6.07, 6.45) is 0. The Labute approximate surface area is 137 Å². The molecule has 0 spiro atoms. The van der Waals surface area contributed by atoms with Crippen LogP contribution in [-0.4, -0.2) is 69.3 Å².